The van der Waals surface area contributed by atoms with Gasteiger partial charge in [-0.15, -0.1) is 0 Å². The highest BCUT2D eigenvalue weighted by Gasteiger charge is 2.12. The second kappa shape index (κ2) is 9.98. The molecule has 0 bridgehead atoms. The van der Waals surface area contributed by atoms with Crippen molar-refractivity contribution in [2.75, 3.05) is 6.61 Å². The first-order valence-electron chi connectivity index (χ1n) is 8.00. The summed E-state index contributed by atoms with van der Waals surface area (Å²) in [4.78, 5) is 22.8. The molecule has 0 amide bonds. The number of carboxylic acid groups (broad SMARTS) is 1. The third kappa shape index (κ3) is 6.74. The predicted molar refractivity (Wildman–Crippen MR) is 83.6 cm³/mol. The van der Waals surface area contributed by atoms with Crippen LogP contribution in [0.5, 0.6) is 0 Å². The van der Waals surface area contributed by atoms with Crippen molar-refractivity contribution < 1.29 is 19.4 Å². The molecule has 0 saturated heterocycles. The molecule has 122 valence electrons. The Morgan fingerprint density at radius 2 is 1.59 bits per heavy atom. The molecule has 1 aromatic carbocycles. The molecule has 0 spiro atoms. The fourth-order valence-corrected chi connectivity index (χ4v) is 2.27. The lowest BCUT2D eigenvalue weighted by Crippen LogP contribution is -2.25. The van der Waals surface area contributed by atoms with Gasteiger partial charge in [-0.3, -0.25) is 0 Å². The van der Waals surface area contributed by atoms with Crippen LogP contribution in [-0.4, -0.2) is 18.5 Å². The van der Waals surface area contributed by atoms with Gasteiger partial charge in [0.2, 0.25) is 0 Å². The van der Waals surface area contributed by atoms with E-state index in [0.29, 0.717) is 6.61 Å². The minimum atomic E-state index is -1.36. The maximum absolute atomic E-state index is 11.9. The zero-order valence-corrected chi connectivity index (χ0v) is 13.5. The summed E-state index contributed by atoms with van der Waals surface area (Å²) in [6.45, 7) is 4.78. The van der Waals surface area contributed by atoms with Gasteiger partial charge in [0.1, 0.15) is 0 Å². The van der Waals surface area contributed by atoms with E-state index in [-0.39, 0.29) is 11.1 Å². The monoisotopic (exact) mass is 305 g/mol. The van der Waals surface area contributed by atoms with E-state index in [0.717, 1.165) is 25.2 Å². The van der Waals surface area contributed by atoms with Crippen molar-refractivity contribution in [3.05, 3.63) is 35.4 Å². The van der Waals surface area contributed by atoms with Crippen LogP contribution in [0.1, 0.15) is 73.1 Å². The molecule has 0 radical (unpaired) electrons. The number of carbonyl (C=O) groups is 2. The van der Waals surface area contributed by atoms with Crippen molar-refractivity contribution in [3.8, 4) is 0 Å². The summed E-state index contributed by atoms with van der Waals surface area (Å²) in [5, 5.41) is 10.9. The Morgan fingerprint density at radius 3 is 2.23 bits per heavy atom. The summed E-state index contributed by atoms with van der Waals surface area (Å²) in [6.07, 6.45) is 6.68. The van der Waals surface area contributed by atoms with Crippen LogP contribution in [0.3, 0.4) is 0 Å². The van der Waals surface area contributed by atoms with E-state index in [2.05, 4.69) is 13.8 Å². The van der Waals surface area contributed by atoms with Gasteiger partial charge in [-0.05, 0) is 18.4 Å². The van der Waals surface area contributed by atoms with Crippen LogP contribution in [0, 0.1) is 5.92 Å². The topological polar surface area (TPSA) is 66.4 Å². The molecule has 4 nitrogen and oxygen atoms in total. The van der Waals surface area contributed by atoms with Gasteiger partial charge in [0, 0.05) is 5.56 Å². The number of carbonyl (C=O) groups excluding carboxylic acids is 2. The Labute approximate surface area is 132 Å². The van der Waals surface area contributed by atoms with Crippen LogP contribution < -0.4 is 5.11 Å². The zero-order chi connectivity index (χ0) is 16.4. The third-order valence-electron chi connectivity index (χ3n) is 3.53. The molecule has 0 fully saturated rings. The number of carboxylic acids is 1. The van der Waals surface area contributed by atoms with E-state index < -0.39 is 11.9 Å². The molecule has 1 rings (SSSR count). The fraction of sp³-hybridized carbons (Fsp3) is 0.556. The summed E-state index contributed by atoms with van der Waals surface area (Å²) >= 11 is 0. The van der Waals surface area contributed by atoms with Crippen molar-refractivity contribution in [2.24, 2.45) is 5.92 Å². The molecule has 0 aliphatic carbocycles. The number of hydrogen-bond acceptors (Lipinski definition) is 4. The molecule has 0 unspecified atom stereocenters. The lowest BCUT2D eigenvalue weighted by molar-refractivity contribution is -0.255. The van der Waals surface area contributed by atoms with Crippen LogP contribution >= 0.6 is 0 Å². The summed E-state index contributed by atoms with van der Waals surface area (Å²) in [5.74, 6) is -1.21. The van der Waals surface area contributed by atoms with Crippen LogP contribution in [0.15, 0.2) is 24.3 Å². The Hall–Kier alpha value is -1.84. The van der Waals surface area contributed by atoms with E-state index in [1.807, 2.05) is 0 Å². The molecule has 0 aliphatic rings. The molecule has 0 heterocycles. The normalized spacial score (nSPS) is 10.7. The SMILES string of the molecule is CC(C)CCCCCCCOC(=O)c1ccccc1C(=O)[O-]. The smallest absolute Gasteiger partial charge is 0.338 e. The van der Waals surface area contributed by atoms with Crippen LogP contribution in [0.4, 0.5) is 0 Å². The number of benzene rings is 1. The van der Waals surface area contributed by atoms with E-state index in [9.17, 15) is 14.7 Å². The number of aromatic carboxylic acids is 1. The average molecular weight is 305 g/mol. The first-order valence-corrected chi connectivity index (χ1v) is 8.00. The van der Waals surface area contributed by atoms with Gasteiger partial charge < -0.3 is 14.6 Å². The summed E-state index contributed by atoms with van der Waals surface area (Å²) in [6, 6.07) is 5.96. The number of esters is 1. The van der Waals surface area contributed by atoms with Gasteiger partial charge in [-0.25, -0.2) is 4.79 Å². The molecule has 0 saturated carbocycles. The fourth-order valence-electron chi connectivity index (χ4n) is 2.27. The lowest BCUT2D eigenvalue weighted by Gasteiger charge is -2.10. The van der Waals surface area contributed by atoms with Crippen molar-refractivity contribution >= 4 is 11.9 Å². The predicted octanol–water partition coefficient (Wildman–Crippen LogP) is 3.20. The van der Waals surface area contributed by atoms with Gasteiger partial charge in [0.15, 0.2) is 0 Å². The average Bonchev–Trinajstić information content (AvgIpc) is 2.49. The van der Waals surface area contributed by atoms with Crippen LogP contribution in [0.2, 0.25) is 0 Å². The van der Waals surface area contributed by atoms with Crippen molar-refractivity contribution in [1.82, 2.24) is 0 Å². The minimum Gasteiger partial charge on any atom is -0.545 e. The molecular formula is C18H25O4-. The highest BCUT2D eigenvalue weighted by atomic mass is 16.5. The van der Waals surface area contributed by atoms with Gasteiger partial charge in [0.05, 0.1) is 18.1 Å². The standard InChI is InChI=1S/C18H26O4/c1-14(2)10-6-4-3-5-9-13-22-18(21)16-12-8-7-11-15(16)17(19)20/h7-8,11-12,14H,3-6,9-10,13H2,1-2H3,(H,19,20)/p-1. The van der Waals surface area contributed by atoms with E-state index in [4.69, 9.17) is 4.74 Å². The van der Waals surface area contributed by atoms with Crippen molar-refractivity contribution in [3.63, 3.8) is 0 Å². The maximum Gasteiger partial charge on any atom is 0.338 e. The second-order valence-corrected chi connectivity index (χ2v) is 5.92. The van der Waals surface area contributed by atoms with Gasteiger partial charge >= 0.3 is 5.97 Å². The van der Waals surface area contributed by atoms with Crippen molar-refractivity contribution in [1.29, 1.82) is 0 Å². The quantitative estimate of drug-likeness (QED) is 0.492. The molecule has 0 aliphatic heterocycles. The van der Waals surface area contributed by atoms with Gasteiger partial charge in [0.25, 0.3) is 0 Å². The first kappa shape index (κ1) is 18.2. The Bertz CT molecular complexity index is 480. The minimum absolute atomic E-state index is 0.0550. The van der Waals surface area contributed by atoms with E-state index in [1.54, 1.807) is 12.1 Å². The highest BCUT2D eigenvalue weighted by molar-refractivity contribution is 6.01. The largest absolute Gasteiger partial charge is 0.545 e. The number of hydrogen-bond donors (Lipinski definition) is 0. The molecule has 0 atom stereocenters. The molecule has 22 heavy (non-hydrogen) atoms. The molecular weight excluding hydrogens is 280 g/mol. The van der Waals surface area contributed by atoms with Crippen LogP contribution in [-0.2, 0) is 4.74 Å². The Morgan fingerprint density at radius 1 is 1.00 bits per heavy atom. The van der Waals surface area contributed by atoms with Crippen molar-refractivity contribution in [2.45, 2.75) is 52.4 Å². The summed E-state index contributed by atoms with van der Waals surface area (Å²) in [7, 11) is 0. The number of unbranched alkanes of at least 4 members (excludes halogenated alkanes) is 4. The zero-order valence-electron chi connectivity index (χ0n) is 13.5. The number of ether oxygens (including phenoxy) is 1. The van der Waals surface area contributed by atoms with Gasteiger partial charge in [-0.2, -0.15) is 0 Å². The molecule has 0 aromatic heterocycles. The van der Waals surface area contributed by atoms with Gasteiger partial charge in [-0.1, -0.05) is 64.2 Å². The van der Waals surface area contributed by atoms with Crippen LogP contribution in [0.25, 0.3) is 0 Å². The second-order valence-electron chi connectivity index (χ2n) is 5.92. The maximum atomic E-state index is 11.9. The number of rotatable bonds is 10. The Kier molecular flexibility index (Phi) is 8.26. The van der Waals surface area contributed by atoms with E-state index >= 15 is 0 Å². The molecule has 0 N–H and O–H groups in total. The lowest BCUT2D eigenvalue weighted by atomic mass is 10.0. The third-order valence-corrected chi connectivity index (χ3v) is 3.53. The highest BCUT2D eigenvalue weighted by Crippen LogP contribution is 2.12. The summed E-state index contributed by atoms with van der Waals surface area (Å²) < 4.78 is 5.13. The Balaban J connectivity index is 2.23. The molecule has 1 aromatic rings. The molecule has 4 heteroatoms. The first-order chi connectivity index (χ1) is 10.5. The summed E-state index contributed by atoms with van der Waals surface area (Å²) in [5.41, 5.74) is -0.0689. The van der Waals surface area contributed by atoms with E-state index in [1.165, 1.54) is 31.4 Å².